The number of H-pyrrole nitrogens is 1. The Morgan fingerprint density at radius 2 is 1.97 bits per heavy atom. The molecule has 1 heterocycles. The van der Waals surface area contributed by atoms with Crippen molar-refractivity contribution in [2.45, 2.75) is 6.54 Å². The molecule has 0 bridgehead atoms. The molecule has 33 heavy (non-hydrogen) atoms. The molecule has 0 aliphatic heterocycles. The van der Waals surface area contributed by atoms with E-state index < -0.39 is 23.0 Å². The van der Waals surface area contributed by atoms with E-state index in [2.05, 4.69) is 10.3 Å². The molecule has 3 aromatic rings. The molecule has 0 saturated carbocycles. The van der Waals surface area contributed by atoms with Crippen molar-refractivity contribution in [3.05, 3.63) is 85.8 Å². The van der Waals surface area contributed by atoms with Gasteiger partial charge in [-0.25, -0.2) is 9.18 Å². The van der Waals surface area contributed by atoms with Gasteiger partial charge in [0.15, 0.2) is 5.69 Å². The quantitative estimate of drug-likeness (QED) is 0.435. The number of halogens is 2. The van der Waals surface area contributed by atoms with Crippen molar-refractivity contribution >= 4 is 34.7 Å². The molecule has 1 aromatic heterocycles. The van der Waals surface area contributed by atoms with E-state index in [1.807, 2.05) is 30.3 Å². The third-order valence-electron chi connectivity index (χ3n) is 4.85. The monoisotopic (exact) mass is 475 g/mol. The van der Waals surface area contributed by atoms with Crippen LogP contribution in [-0.2, 0) is 16.1 Å². The van der Waals surface area contributed by atoms with E-state index in [0.717, 1.165) is 10.5 Å². The Hall–Kier alpha value is -3.63. The van der Waals surface area contributed by atoms with Crippen LogP contribution in [0.1, 0.15) is 5.56 Å². The van der Waals surface area contributed by atoms with Crippen LogP contribution in [0.4, 0.5) is 21.6 Å². The summed E-state index contributed by atoms with van der Waals surface area (Å²) in [5.41, 5.74) is 5.77. The minimum atomic E-state index is -0.795. The lowest BCUT2D eigenvalue weighted by Crippen LogP contribution is -2.44. The van der Waals surface area contributed by atoms with Gasteiger partial charge in [0.25, 0.3) is 5.56 Å². The number of nitrogens with zero attached hydrogens (tertiary/aromatic N) is 2. The van der Waals surface area contributed by atoms with Gasteiger partial charge in [-0.2, -0.15) is 0 Å². The summed E-state index contributed by atoms with van der Waals surface area (Å²) in [6.45, 7) is -0.0148. The number of rotatable bonds is 9. The Kier molecular flexibility index (Phi) is 7.86. The molecule has 0 radical (unpaired) electrons. The minimum absolute atomic E-state index is 0.0119. The van der Waals surface area contributed by atoms with E-state index in [1.165, 1.54) is 29.9 Å². The van der Waals surface area contributed by atoms with Gasteiger partial charge in [0, 0.05) is 19.3 Å². The number of nitrogens with one attached hydrogen (secondary N) is 2. The topological polar surface area (TPSA) is 122 Å². The van der Waals surface area contributed by atoms with Crippen molar-refractivity contribution in [3.63, 3.8) is 0 Å². The summed E-state index contributed by atoms with van der Waals surface area (Å²) in [6, 6.07) is 13.0. The van der Waals surface area contributed by atoms with Gasteiger partial charge in [-0.05, 0) is 23.8 Å². The summed E-state index contributed by atoms with van der Waals surface area (Å²) in [5.74, 6) is -1.26. The fourth-order valence-corrected chi connectivity index (χ4v) is 3.36. The van der Waals surface area contributed by atoms with Crippen LogP contribution in [0.2, 0.25) is 5.02 Å². The lowest BCUT2D eigenvalue weighted by molar-refractivity contribution is -0.117. The number of methoxy groups -OCH3 is 1. The molecule has 1 amide bonds. The number of hydrogen-bond donors (Lipinski definition) is 3. The molecule has 0 fully saturated rings. The highest BCUT2D eigenvalue weighted by molar-refractivity contribution is 6.31. The van der Waals surface area contributed by atoms with Gasteiger partial charge in [0.2, 0.25) is 5.91 Å². The van der Waals surface area contributed by atoms with Crippen LogP contribution in [0.5, 0.6) is 0 Å². The SMILES string of the molecule is COCCN(C(=O)CNc1ccc(F)c(Cl)c1)c1c(N)n(Cc2ccccc2)c(=O)[nH]c1=O. The van der Waals surface area contributed by atoms with Crippen molar-refractivity contribution in [1.29, 1.82) is 0 Å². The summed E-state index contributed by atoms with van der Waals surface area (Å²) < 4.78 is 19.6. The smallest absolute Gasteiger partial charge is 0.330 e. The molecule has 4 N–H and O–H groups in total. The highest BCUT2D eigenvalue weighted by Crippen LogP contribution is 2.21. The van der Waals surface area contributed by atoms with E-state index in [4.69, 9.17) is 22.1 Å². The molecular weight excluding hydrogens is 453 g/mol. The Balaban J connectivity index is 1.92. The van der Waals surface area contributed by atoms with Crippen LogP contribution in [0.25, 0.3) is 0 Å². The summed E-state index contributed by atoms with van der Waals surface area (Å²) in [4.78, 5) is 41.5. The van der Waals surface area contributed by atoms with Gasteiger partial charge in [0.05, 0.1) is 24.7 Å². The third kappa shape index (κ3) is 5.79. The molecule has 0 atom stereocenters. The highest BCUT2D eigenvalue weighted by Gasteiger charge is 2.24. The Morgan fingerprint density at radius 3 is 2.64 bits per heavy atom. The first kappa shape index (κ1) is 24.0. The second-order valence-electron chi connectivity index (χ2n) is 7.09. The largest absolute Gasteiger partial charge is 0.383 e. The third-order valence-corrected chi connectivity index (χ3v) is 5.14. The number of nitrogen functional groups attached to an aromatic ring is 1. The Labute approximate surface area is 193 Å². The number of anilines is 3. The molecule has 3 rings (SSSR count). The Morgan fingerprint density at radius 1 is 1.24 bits per heavy atom. The first-order chi connectivity index (χ1) is 15.8. The predicted molar refractivity (Wildman–Crippen MR) is 125 cm³/mol. The van der Waals surface area contributed by atoms with Crippen molar-refractivity contribution < 1.29 is 13.9 Å². The average molecular weight is 476 g/mol. The fourth-order valence-electron chi connectivity index (χ4n) is 3.18. The van der Waals surface area contributed by atoms with Crippen molar-refractivity contribution in [2.24, 2.45) is 0 Å². The van der Waals surface area contributed by atoms with Gasteiger partial charge in [-0.1, -0.05) is 41.9 Å². The zero-order valence-electron chi connectivity index (χ0n) is 17.8. The van der Waals surface area contributed by atoms with Gasteiger partial charge in [0.1, 0.15) is 11.6 Å². The number of ether oxygens (including phenoxy) is 1. The van der Waals surface area contributed by atoms with E-state index in [9.17, 15) is 18.8 Å². The zero-order valence-corrected chi connectivity index (χ0v) is 18.6. The van der Waals surface area contributed by atoms with Crippen molar-refractivity contribution in [2.75, 3.05) is 42.8 Å². The second kappa shape index (κ2) is 10.8. The van der Waals surface area contributed by atoms with Gasteiger partial charge in [-0.15, -0.1) is 0 Å². The van der Waals surface area contributed by atoms with Gasteiger partial charge < -0.3 is 20.7 Å². The molecule has 174 valence electrons. The zero-order chi connectivity index (χ0) is 24.0. The number of nitrogens with two attached hydrogens (primary N) is 1. The predicted octanol–water partition coefficient (Wildman–Crippen LogP) is 2.05. The highest BCUT2D eigenvalue weighted by atomic mass is 35.5. The number of amides is 1. The van der Waals surface area contributed by atoms with E-state index in [1.54, 1.807) is 0 Å². The summed E-state index contributed by atoms with van der Waals surface area (Å²) in [5, 5.41) is 2.74. The average Bonchev–Trinajstić information content (AvgIpc) is 2.80. The molecular formula is C22H23ClFN5O4. The maximum Gasteiger partial charge on any atom is 0.330 e. The van der Waals surface area contributed by atoms with E-state index in [-0.39, 0.29) is 42.8 Å². The summed E-state index contributed by atoms with van der Waals surface area (Å²) >= 11 is 5.78. The fraction of sp³-hybridized carbons (Fsp3) is 0.227. The number of carbonyl (C=O) groups is 1. The number of carbonyl (C=O) groups excluding carboxylic acids is 1. The normalized spacial score (nSPS) is 10.8. The number of aromatic nitrogens is 2. The van der Waals surface area contributed by atoms with Crippen LogP contribution in [-0.4, -0.2) is 42.3 Å². The Bertz CT molecular complexity index is 1250. The van der Waals surface area contributed by atoms with Crippen LogP contribution in [0.15, 0.2) is 58.1 Å². The van der Waals surface area contributed by atoms with Crippen LogP contribution < -0.4 is 27.2 Å². The van der Waals surface area contributed by atoms with Crippen LogP contribution >= 0.6 is 11.6 Å². The van der Waals surface area contributed by atoms with Gasteiger partial charge >= 0.3 is 5.69 Å². The minimum Gasteiger partial charge on any atom is -0.383 e. The molecule has 0 saturated heterocycles. The molecule has 2 aromatic carbocycles. The summed E-state index contributed by atoms with van der Waals surface area (Å²) in [6.07, 6.45) is 0. The van der Waals surface area contributed by atoms with Gasteiger partial charge in [-0.3, -0.25) is 19.1 Å². The lowest BCUT2D eigenvalue weighted by Gasteiger charge is -2.24. The second-order valence-corrected chi connectivity index (χ2v) is 7.49. The molecule has 0 spiro atoms. The van der Waals surface area contributed by atoms with Crippen molar-refractivity contribution in [3.8, 4) is 0 Å². The number of hydrogen-bond acceptors (Lipinski definition) is 6. The summed E-state index contributed by atoms with van der Waals surface area (Å²) in [7, 11) is 1.45. The first-order valence-electron chi connectivity index (χ1n) is 9.96. The van der Waals surface area contributed by atoms with E-state index >= 15 is 0 Å². The van der Waals surface area contributed by atoms with Crippen LogP contribution in [0, 0.1) is 5.82 Å². The molecule has 0 unspecified atom stereocenters. The lowest BCUT2D eigenvalue weighted by atomic mass is 10.2. The molecule has 0 aliphatic carbocycles. The molecule has 9 nitrogen and oxygen atoms in total. The van der Waals surface area contributed by atoms with Crippen molar-refractivity contribution in [1.82, 2.24) is 9.55 Å². The van der Waals surface area contributed by atoms with Crippen LogP contribution in [0.3, 0.4) is 0 Å². The maximum absolute atomic E-state index is 13.4. The van der Waals surface area contributed by atoms with E-state index in [0.29, 0.717) is 5.69 Å². The number of benzene rings is 2. The number of aromatic amines is 1. The molecule has 11 heteroatoms. The first-order valence-corrected chi connectivity index (χ1v) is 10.3. The maximum atomic E-state index is 13.4. The standard InChI is InChI=1S/C22H23ClFN5O4/c1-33-10-9-28(18(30)12-26-15-7-8-17(24)16(23)11-15)19-20(25)29(22(32)27-21(19)31)13-14-5-3-2-4-6-14/h2-8,11,26H,9-10,12-13,25H2,1H3,(H,27,31,32). The molecule has 0 aliphatic rings.